The Morgan fingerprint density at radius 1 is 1.00 bits per heavy atom. The third-order valence-electron chi connectivity index (χ3n) is 5.49. The molecule has 0 aliphatic carbocycles. The fraction of sp³-hybridized carbons (Fsp3) is 0.462. The highest BCUT2D eigenvalue weighted by Crippen LogP contribution is 2.19. The Kier molecular flexibility index (Phi) is 10.1. The van der Waals surface area contributed by atoms with Crippen molar-refractivity contribution in [3.63, 3.8) is 0 Å². The van der Waals surface area contributed by atoms with Gasteiger partial charge in [-0.05, 0) is 51.3 Å². The van der Waals surface area contributed by atoms with Crippen molar-refractivity contribution in [3.05, 3.63) is 65.7 Å². The predicted octanol–water partition coefficient (Wildman–Crippen LogP) is 3.87. The molecule has 1 N–H and O–H groups in total. The number of para-hydroxylation sites is 1. The number of carbonyl (C=O) groups is 2. The lowest BCUT2D eigenvalue weighted by Crippen LogP contribution is -2.50. The average Bonchev–Trinajstić information content (AvgIpc) is 2.77. The van der Waals surface area contributed by atoms with E-state index in [4.69, 9.17) is 0 Å². The van der Waals surface area contributed by atoms with Crippen LogP contribution in [0, 0.1) is 6.92 Å². The van der Waals surface area contributed by atoms with Crippen LogP contribution in [-0.4, -0.2) is 50.0 Å². The molecule has 2 amide bonds. The van der Waals surface area contributed by atoms with Gasteiger partial charge in [0.2, 0.25) is 21.8 Å². The van der Waals surface area contributed by atoms with Gasteiger partial charge in [0.25, 0.3) is 0 Å². The summed E-state index contributed by atoms with van der Waals surface area (Å²) in [5.74, 6) is -0.354. The Morgan fingerprint density at radius 2 is 1.62 bits per heavy atom. The first kappa shape index (κ1) is 27.4. The highest BCUT2D eigenvalue weighted by Gasteiger charge is 2.29. The van der Waals surface area contributed by atoms with Gasteiger partial charge in [0.1, 0.15) is 6.04 Å². The van der Waals surface area contributed by atoms with E-state index in [2.05, 4.69) is 5.32 Å². The number of amides is 2. The number of aryl methyl sites for hydroxylation is 1. The normalized spacial score (nSPS) is 12.3. The molecule has 0 saturated carbocycles. The molecule has 186 valence electrons. The van der Waals surface area contributed by atoms with E-state index in [0.29, 0.717) is 25.1 Å². The zero-order chi connectivity index (χ0) is 25.3. The summed E-state index contributed by atoms with van der Waals surface area (Å²) in [7, 11) is -3.49. The third-order valence-corrected chi connectivity index (χ3v) is 6.68. The maximum absolute atomic E-state index is 13.4. The quantitative estimate of drug-likeness (QED) is 0.492. The number of rotatable bonds is 12. The molecule has 34 heavy (non-hydrogen) atoms. The van der Waals surface area contributed by atoms with Gasteiger partial charge in [-0.25, -0.2) is 8.42 Å². The maximum Gasteiger partial charge on any atom is 0.243 e. The number of hydrogen-bond donors (Lipinski definition) is 1. The van der Waals surface area contributed by atoms with Gasteiger partial charge in [0.05, 0.1) is 11.9 Å². The Hall–Kier alpha value is -2.87. The minimum absolute atomic E-state index is 0.0351. The molecule has 0 aliphatic heterocycles. The highest BCUT2D eigenvalue weighted by molar-refractivity contribution is 7.92. The van der Waals surface area contributed by atoms with Crippen molar-refractivity contribution in [2.75, 3.05) is 17.1 Å². The molecule has 0 fully saturated rings. The van der Waals surface area contributed by atoms with Crippen LogP contribution < -0.4 is 9.62 Å². The van der Waals surface area contributed by atoms with Gasteiger partial charge in [0, 0.05) is 25.6 Å². The first-order valence-corrected chi connectivity index (χ1v) is 13.6. The zero-order valence-corrected chi connectivity index (χ0v) is 21.6. The van der Waals surface area contributed by atoms with Gasteiger partial charge in [-0.2, -0.15) is 0 Å². The second-order valence-electron chi connectivity index (χ2n) is 8.87. The summed E-state index contributed by atoms with van der Waals surface area (Å²) >= 11 is 0. The highest BCUT2D eigenvalue weighted by atomic mass is 32.2. The van der Waals surface area contributed by atoms with Crippen LogP contribution in [0.25, 0.3) is 0 Å². The largest absolute Gasteiger partial charge is 0.352 e. The summed E-state index contributed by atoms with van der Waals surface area (Å²) in [5, 5.41) is 2.92. The molecule has 0 saturated heterocycles. The molecule has 0 aliphatic rings. The molecule has 2 aromatic carbocycles. The van der Waals surface area contributed by atoms with Crippen LogP contribution in [0.15, 0.2) is 54.6 Å². The lowest BCUT2D eigenvalue weighted by atomic mass is 10.1. The van der Waals surface area contributed by atoms with E-state index >= 15 is 0 Å². The van der Waals surface area contributed by atoms with Crippen molar-refractivity contribution in [2.24, 2.45) is 0 Å². The van der Waals surface area contributed by atoms with Crippen molar-refractivity contribution in [3.8, 4) is 0 Å². The van der Waals surface area contributed by atoms with Crippen molar-refractivity contribution in [1.82, 2.24) is 10.2 Å². The molecule has 0 radical (unpaired) electrons. The number of benzene rings is 2. The van der Waals surface area contributed by atoms with Gasteiger partial charge in [-0.1, -0.05) is 55.0 Å². The van der Waals surface area contributed by atoms with Gasteiger partial charge in [0.15, 0.2) is 0 Å². The predicted molar refractivity (Wildman–Crippen MR) is 137 cm³/mol. The molecule has 0 aromatic heterocycles. The number of hydrogen-bond acceptors (Lipinski definition) is 4. The molecule has 1 atom stereocenters. The second-order valence-corrected chi connectivity index (χ2v) is 10.8. The molecule has 0 bridgehead atoms. The van der Waals surface area contributed by atoms with Crippen LogP contribution in [0.2, 0.25) is 0 Å². The van der Waals surface area contributed by atoms with Crippen LogP contribution in [0.3, 0.4) is 0 Å². The second kappa shape index (κ2) is 12.6. The summed E-state index contributed by atoms with van der Waals surface area (Å²) in [4.78, 5) is 27.9. The molecule has 0 spiro atoms. The Morgan fingerprint density at radius 3 is 2.15 bits per heavy atom. The van der Waals surface area contributed by atoms with Gasteiger partial charge in [-0.15, -0.1) is 0 Å². The van der Waals surface area contributed by atoms with Crippen LogP contribution >= 0.6 is 0 Å². The topological polar surface area (TPSA) is 86.8 Å². The van der Waals surface area contributed by atoms with E-state index in [-0.39, 0.29) is 30.8 Å². The minimum atomic E-state index is -3.49. The van der Waals surface area contributed by atoms with E-state index in [9.17, 15) is 18.0 Å². The molecular weight excluding hydrogens is 450 g/mol. The van der Waals surface area contributed by atoms with Crippen molar-refractivity contribution >= 4 is 27.5 Å². The molecular formula is C26H37N3O4S. The van der Waals surface area contributed by atoms with Crippen LogP contribution in [0.5, 0.6) is 0 Å². The molecule has 0 unspecified atom stereocenters. The lowest BCUT2D eigenvalue weighted by Gasteiger charge is -2.31. The van der Waals surface area contributed by atoms with Gasteiger partial charge in [-0.3, -0.25) is 13.9 Å². The number of sulfonamides is 1. The number of anilines is 1. The number of nitrogens with zero attached hydrogens (tertiary/aromatic N) is 2. The van der Waals surface area contributed by atoms with Crippen molar-refractivity contribution < 1.29 is 18.0 Å². The summed E-state index contributed by atoms with van der Waals surface area (Å²) in [6, 6.07) is 16.1. The monoisotopic (exact) mass is 487 g/mol. The molecule has 2 rings (SSSR count). The zero-order valence-electron chi connectivity index (χ0n) is 20.8. The maximum atomic E-state index is 13.4. The molecule has 7 nitrogen and oxygen atoms in total. The molecule has 0 heterocycles. The summed E-state index contributed by atoms with van der Waals surface area (Å²) in [5.41, 5.74) is 2.63. The number of nitrogens with one attached hydrogen (secondary N) is 1. The van der Waals surface area contributed by atoms with E-state index in [0.717, 1.165) is 17.4 Å². The molecule has 8 heteroatoms. The minimum Gasteiger partial charge on any atom is -0.352 e. The van der Waals surface area contributed by atoms with Crippen LogP contribution in [0.1, 0.15) is 51.2 Å². The van der Waals surface area contributed by atoms with E-state index in [1.165, 1.54) is 4.31 Å². The SMILES string of the molecule is CC[C@@H](C(=O)NC(C)C)N(Cc1ccc(C)cc1)C(=O)CCCN(c1ccccc1)S(C)(=O)=O. The average molecular weight is 488 g/mol. The summed E-state index contributed by atoms with van der Waals surface area (Å²) < 4.78 is 26.0. The van der Waals surface area contributed by atoms with E-state index in [1.54, 1.807) is 29.2 Å². The Labute approximate surface area is 204 Å². The molecule has 2 aromatic rings. The summed E-state index contributed by atoms with van der Waals surface area (Å²) in [6.45, 7) is 8.17. The fourth-order valence-electron chi connectivity index (χ4n) is 3.79. The van der Waals surface area contributed by atoms with Crippen LogP contribution in [-0.2, 0) is 26.2 Å². The van der Waals surface area contributed by atoms with Gasteiger partial charge < -0.3 is 10.2 Å². The summed E-state index contributed by atoms with van der Waals surface area (Å²) in [6.07, 6.45) is 2.12. The lowest BCUT2D eigenvalue weighted by molar-refractivity contribution is -0.141. The standard InChI is InChI=1S/C26H37N3O4S/c1-6-24(26(31)27-20(2)3)28(19-22-16-14-21(4)15-17-22)25(30)13-10-18-29(34(5,32)33)23-11-8-7-9-12-23/h7-9,11-12,14-17,20,24H,6,10,13,18-19H2,1-5H3,(H,27,31)/t24-/m0/s1. The van der Waals surface area contributed by atoms with Gasteiger partial charge >= 0.3 is 0 Å². The Bertz CT molecular complexity index is 1040. The van der Waals surface area contributed by atoms with E-state index < -0.39 is 16.1 Å². The first-order chi connectivity index (χ1) is 16.0. The van der Waals surface area contributed by atoms with Crippen LogP contribution in [0.4, 0.5) is 5.69 Å². The van der Waals surface area contributed by atoms with E-state index in [1.807, 2.05) is 58.0 Å². The number of carbonyl (C=O) groups excluding carboxylic acids is 2. The third kappa shape index (κ3) is 8.17. The fourth-order valence-corrected chi connectivity index (χ4v) is 4.75. The van der Waals surface area contributed by atoms with Crippen molar-refractivity contribution in [2.45, 2.75) is 65.6 Å². The van der Waals surface area contributed by atoms with Crippen molar-refractivity contribution in [1.29, 1.82) is 0 Å². The first-order valence-electron chi connectivity index (χ1n) is 11.7. The Balaban J connectivity index is 2.19. The smallest absolute Gasteiger partial charge is 0.243 e.